The minimum atomic E-state index is -0.451. The molecule has 1 aromatic carbocycles. The van der Waals surface area contributed by atoms with Crippen LogP contribution in [-0.4, -0.2) is 19.9 Å². The van der Waals surface area contributed by atoms with E-state index in [1.165, 1.54) is 12.8 Å². The molecule has 106 valence electrons. The van der Waals surface area contributed by atoms with Crippen molar-refractivity contribution < 1.29 is 9.84 Å². The van der Waals surface area contributed by atoms with Crippen LogP contribution >= 0.6 is 0 Å². The standard InChI is InChI=1S/C15H19N3O2/c1-11(19)12-5-7-13(8-6-12)20-10-15-17-16-14-4-2-3-9-18(14)15/h5-8,11,19H,2-4,9-10H2,1H3/t11-/m0/s1. The number of rotatable bonds is 4. The molecular formula is C15H19N3O2. The number of ether oxygens (including phenoxy) is 1. The molecule has 1 aliphatic heterocycles. The van der Waals surface area contributed by atoms with Gasteiger partial charge in [-0.2, -0.15) is 0 Å². The van der Waals surface area contributed by atoms with Crippen LogP contribution in [0.4, 0.5) is 0 Å². The highest BCUT2D eigenvalue weighted by molar-refractivity contribution is 5.28. The van der Waals surface area contributed by atoms with Crippen LogP contribution < -0.4 is 4.74 Å². The molecule has 0 radical (unpaired) electrons. The summed E-state index contributed by atoms with van der Waals surface area (Å²) >= 11 is 0. The van der Waals surface area contributed by atoms with Crippen LogP contribution in [0.1, 0.15) is 43.1 Å². The number of hydrogen-bond donors (Lipinski definition) is 1. The number of aliphatic hydroxyl groups is 1. The van der Waals surface area contributed by atoms with Crippen LogP contribution in [0.25, 0.3) is 0 Å². The number of nitrogens with zero attached hydrogens (tertiary/aromatic N) is 3. The highest BCUT2D eigenvalue weighted by Crippen LogP contribution is 2.19. The maximum absolute atomic E-state index is 9.46. The summed E-state index contributed by atoms with van der Waals surface area (Å²) in [6.45, 7) is 3.17. The van der Waals surface area contributed by atoms with Crippen LogP contribution in [0, 0.1) is 0 Å². The molecule has 1 atom stereocenters. The monoisotopic (exact) mass is 273 g/mol. The van der Waals surface area contributed by atoms with Gasteiger partial charge in [-0.3, -0.25) is 0 Å². The van der Waals surface area contributed by atoms with E-state index >= 15 is 0 Å². The number of benzene rings is 1. The van der Waals surface area contributed by atoms with Crippen molar-refractivity contribution in [3.05, 3.63) is 41.5 Å². The fourth-order valence-electron chi connectivity index (χ4n) is 2.47. The molecule has 0 amide bonds. The van der Waals surface area contributed by atoms with Crippen LogP contribution in [0.2, 0.25) is 0 Å². The molecule has 0 unspecified atom stereocenters. The lowest BCUT2D eigenvalue weighted by molar-refractivity contribution is 0.199. The Balaban J connectivity index is 1.66. The summed E-state index contributed by atoms with van der Waals surface area (Å²) in [4.78, 5) is 0. The summed E-state index contributed by atoms with van der Waals surface area (Å²) in [5.41, 5.74) is 0.886. The van der Waals surface area contributed by atoms with E-state index in [0.717, 1.165) is 35.9 Å². The average Bonchev–Trinajstić information content (AvgIpc) is 2.89. The molecular weight excluding hydrogens is 254 g/mol. The third kappa shape index (κ3) is 2.67. The zero-order valence-corrected chi connectivity index (χ0v) is 11.6. The fourth-order valence-corrected chi connectivity index (χ4v) is 2.47. The summed E-state index contributed by atoms with van der Waals surface area (Å²) in [6.07, 6.45) is 2.93. The van der Waals surface area contributed by atoms with Crippen molar-refractivity contribution in [2.75, 3.05) is 0 Å². The SMILES string of the molecule is C[C@H](O)c1ccc(OCc2nnc3n2CCCC3)cc1. The van der Waals surface area contributed by atoms with E-state index in [2.05, 4.69) is 14.8 Å². The molecule has 3 rings (SSSR count). The number of aryl methyl sites for hydroxylation is 1. The molecule has 1 N–H and O–H groups in total. The van der Waals surface area contributed by atoms with Crippen molar-refractivity contribution in [1.29, 1.82) is 0 Å². The third-order valence-corrected chi connectivity index (χ3v) is 3.67. The molecule has 5 heteroatoms. The van der Waals surface area contributed by atoms with Crippen molar-refractivity contribution >= 4 is 0 Å². The molecule has 0 saturated carbocycles. The van der Waals surface area contributed by atoms with Gasteiger partial charge in [0, 0.05) is 13.0 Å². The van der Waals surface area contributed by atoms with Crippen LogP contribution in [0.3, 0.4) is 0 Å². The Morgan fingerprint density at radius 2 is 2.05 bits per heavy atom. The van der Waals surface area contributed by atoms with Crippen molar-refractivity contribution in [1.82, 2.24) is 14.8 Å². The molecule has 2 heterocycles. The van der Waals surface area contributed by atoms with Crippen molar-refractivity contribution in [3.63, 3.8) is 0 Å². The Labute approximate surface area is 118 Å². The van der Waals surface area contributed by atoms with Gasteiger partial charge in [-0.05, 0) is 37.5 Å². The average molecular weight is 273 g/mol. The van der Waals surface area contributed by atoms with E-state index in [0.29, 0.717) is 6.61 Å². The molecule has 20 heavy (non-hydrogen) atoms. The quantitative estimate of drug-likeness (QED) is 0.928. The molecule has 0 fully saturated rings. The number of aliphatic hydroxyl groups excluding tert-OH is 1. The molecule has 0 aliphatic carbocycles. The van der Waals surface area contributed by atoms with Gasteiger partial charge >= 0.3 is 0 Å². The Kier molecular flexibility index (Phi) is 3.69. The first kappa shape index (κ1) is 13.1. The van der Waals surface area contributed by atoms with Crippen LogP contribution in [-0.2, 0) is 19.6 Å². The zero-order chi connectivity index (χ0) is 13.9. The van der Waals surface area contributed by atoms with Gasteiger partial charge in [0.05, 0.1) is 6.10 Å². The highest BCUT2D eigenvalue weighted by Gasteiger charge is 2.15. The minimum absolute atomic E-state index is 0.432. The topological polar surface area (TPSA) is 60.2 Å². The lowest BCUT2D eigenvalue weighted by Crippen LogP contribution is -2.14. The lowest BCUT2D eigenvalue weighted by atomic mass is 10.1. The molecule has 0 bridgehead atoms. The first-order valence-corrected chi connectivity index (χ1v) is 7.06. The second-order valence-corrected chi connectivity index (χ2v) is 5.17. The van der Waals surface area contributed by atoms with Gasteiger partial charge in [-0.15, -0.1) is 10.2 Å². The van der Waals surface area contributed by atoms with Crippen molar-refractivity contribution in [2.24, 2.45) is 0 Å². The van der Waals surface area contributed by atoms with E-state index in [9.17, 15) is 5.11 Å². The largest absolute Gasteiger partial charge is 0.486 e. The fraction of sp³-hybridized carbons (Fsp3) is 0.467. The second kappa shape index (κ2) is 5.63. The normalized spacial score (nSPS) is 15.7. The molecule has 1 aliphatic rings. The van der Waals surface area contributed by atoms with Crippen molar-refractivity contribution in [3.8, 4) is 5.75 Å². The zero-order valence-electron chi connectivity index (χ0n) is 11.6. The van der Waals surface area contributed by atoms with E-state index < -0.39 is 6.10 Å². The van der Waals surface area contributed by atoms with E-state index in [1.807, 2.05) is 24.3 Å². The third-order valence-electron chi connectivity index (χ3n) is 3.67. The maximum Gasteiger partial charge on any atom is 0.171 e. The van der Waals surface area contributed by atoms with E-state index in [4.69, 9.17) is 4.74 Å². The number of hydrogen-bond acceptors (Lipinski definition) is 4. The molecule has 0 saturated heterocycles. The predicted molar refractivity (Wildman–Crippen MR) is 74.4 cm³/mol. The Bertz CT molecular complexity index is 575. The number of fused-ring (bicyclic) bond motifs is 1. The smallest absolute Gasteiger partial charge is 0.171 e. The maximum atomic E-state index is 9.46. The van der Waals surface area contributed by atoms with Gasteiger partial charge < -0.3 is 14.4 Å². The Morgan fingerprint density at radius 1 is 1.25 bits per heavy atom. The molecule has 2 aromatic rings. The van der Waals surface area contributed by atoms with Crippen LogP contribution in [0.5, 0.6) is 5.75 Å². The molecule has 5 nitrogen and oxygen atoms in total. The Hall–Kier alpha value is -1.88. The summed E-state index contributed by atoms with van der Waals surface area (Å²) in [6, 6.07) is 7.49. The van der Waals surface area contributed by atoms with Gasteiger partial charge in [0.1, 0.15) is 18.2 Å². The Morgan fingerprint density at radius 3 is 2.80 bits per heavy atom. The van der Waals surface area contributed by atoms with E-state index in [-0.39, 0.29) is 0 Å². The predicted octanol–water partition coefficient (Wildman–Crippen LogP) is 2.25. The highest BCUT2D eigenvalue weighted by atomic mass is 16.5. The van der Waals surface area contributed by atoms with Gasteiger partial charge in [0.25, 0.3) is 0 Å². The summed E-state index contributed by atoms with van der Waals surface area (Å²) in [5, 5.41) is 17.9. The van der Waals surface area contributed by atoms with Gasteiger partial charge in [0.15, 0.2) is 5.82 Å². The summed E-state index contributed by atoms with van der Waals surface area (Å²) in [5.74, 6) is 2.74. The van der Waals surface area contributed by atoms with Gasteiger partial charge in [-0.25, -0.2) is 0 Å². The minimum Gasteiger partial charge on any atom is -0.486 e. The lowest BCUT2D eigenvalue weighted by Gasteiger charge is -2.15. The van der Waals surface area contributed by atoms with Crippen molar-refractivity contribution in [2.45, 2.75) is 45.4 Å². The molecule has 0 spiro atoms. The van der Waals surface area contributed by atoms with Crippen LogP contribution in [0.15, 0.2) is 24.3 Å². The summed E-state index contributed by atoms with van der Waals surface area (Å²) < 4.78 is 7.91. The first-order chi connectivity index (χ1) is 9.74. The summed E-state index contributed by atoms with van der Waals surface area (Å²) in [7, 11) is 0. The number of aromatic nitrogens is 3. The molecule has 1 aromatic heterocycles. The van der Waals surface area contributed by atoms with E-state index in [1.54, 1.807) is 6.92 Å². The van der Waals surface area contributed by atoms with Gasteiger partial charge in [-0.1, -0.05) is 12.1 Å². The second-order valence-electron chi connectivity index (χ2n) is 5.17. The first-order valence-electron chi connectivity index (χ1n) is 7.06. The van der Waals surface area contributed by atoms with Gasteiger partial charge in [0.2, 0.25) is 0 Å².